The van der Waals surface area contributed by atoms with Gasteiger partial charge < -0.3 is 14.4 Å². The second-order valence-corrected chi connectivity index (χ2v) is 7.31. The minimum atomic E-state index is -1.77. The molecule has 0 bridgehead atoms. The second-order valence-electron chi connectivity index (χ2n) is 6.56. The molecule has 27 heavy (non-hydrogen) atoms. The summed E-state index contributed by atoms with van der Waals surface area (Å²) >= 11 is 3.48. The van der Waals surface area contributed by atoms with Crippen LogP contribution in [0.4, 0.5) is 0 Å². The molecule has 0 saturated heterocycles. The van der Waals surface area contributed by atoms with E-state index in [2.05, 4.69) is 20.9 Å². The molecule has 7 heteroatoms. The van der Waals surface area contributed by atoms with Crippen molar-refractivity contribution in [1.82, 2.24) is 9.55 Å². The number of rotatable bonds is 3. The van der Waals surface area contributed by atoms with Crippen LogP contribution >= 0.6 is 15.9 Å². The number of carbonyl (C=O) groups excluding carboxylic acids is 1. The number of ether oxygens (including phenoxy) is 1. The van der Waals surface area contributed by atoms with Gasteiger partial charge in [0.2, 0.25) is 0 Å². The molecule has 138 valence electrons. The average Bonchev–Trinajstić information content (AvgIpc) is 2.67. The lowest BCUT2D eigenvalue weighted by Crippen LogP contribution is -2.44. The number of hydrogen-bond acceptors (Lipinski definition) is 5. The van der Waals surface area contributed by atoms with Gasteiger partial charge >= 0.3 is 5.97 Å². The van der Waals surface area contributed by atoms with Crippen LogP contribution in [-0.2, 0) is 28.3 Å². The fourth-order valence-corrected chi connectivity index (χ4v) is 3.84. The minimum absolute atomic E-state index is 0.132. The van der Waals surface area contributed by atoms with E-state index < -0.39 is 11.6 Å². The van der Waals surface area contributed by atoms with Crippen LogP contribution in [0.15, 0.2) is 52.0 Å². The lowest BCUT2D eigenvalue weighted by atomic mass is 9.87. The van der Waals surface area contributed by atoms with E-state index in [0.717, 1.165) is 16.5 Å². The first-order valence-corrected chi connectivity index (χ1v) is 9.40. The van der Waals surface area contributed by atoms with Gasteiger partial charge in [-0.05, 0) is 40.5 Å². The number of esters is 1. The van der Waals surface area contributed by atoms with Gasteiger partial charge in [0.15, 0.2) is 5.60 Å². The lowest BCUT2D eigenvalue weighted by Gasteiger charge is -2.31. The summed E-state index contributed by atoms with van der Waals surface area (Å²) in [4.78, 5) is 29.4. The van der Waals surface area contributed by atoms with Gasteiger partial charge in [-0.3, -0.25) is 4.79 Å². The van der Waals surface area contributed by atoms with Crippen LogP contribution in [0.1, 0.15) is 30.0 Å². The van der Waals surface area contributed by atoms with Gasteiger partial charge in [-0.25, -0.2) is 9.78 Å². The van der Waals surface area contributed by atoms with Crippen LogP contribution in [-0.4, -0.2) is 20.6 Å². The molecule has 4 rings (SSSR count). The first-order chi connectivity index (χ1) is 12.9. The van der Waals surface area contributed by atoms with Crippen LogP contribution < -0.4 is 5.56 Å². The van der Waals surface area contributed by atoms with E-state index in [1.807, 2.05) is 30.3 Å². The number of nitrogens with zero attached hydrogens (tertiary/aromatic N) is 2. The van der Waals surface area contributed by atoms with Crippen molar-refractivity contribution in [1.29, 1.82) is 0 Å². The first kappa shape index (κ1) is 17.9. The molecule has 0 aliphatic carbocycles. The predicted octanol–water partition coefficient (Wildman–Crippen LogP) is 2.86. The minimum Gasteiger partial charge on any atom is -0.458 e. The van der Waals surface area contributed by atoms with E-state index in [1.54, 1.807) is 19.2 Å². The molecule has 1 atom stereocenters. The highest BCUT2D eigenvalue weighted by Gasteiger charge is 2.44. The standard InChI is InChI=1S/C20H17BrN2O4/c1-2-20(26)15-7-8-23(18(24)14(15)11-27-19(20)25)10-13-9-12-5-3-4-6-16(12)22-17(13)21/h3-9,26H,2,10-11H2,1H3/t20-/m0/s1. The van der Waals surface area contributed by atoms with Crippen LogP contribution in [0, 0.1) is 0 Å². The maximum atomic E-state index is 12.9. The smallest absolute Gasteiger partial charge is 0.343 e. The van der Waals surface area contributed by atoms with E-state index in [1.165, 1.54) is 4.57 Å². The number of benzene rings is 1. The Morgan fingerprint density at radius 3 is 2.85 bits per heavy atom. The number of fused-ring (bicyclic) bond motifs is 2. The molecule has 6 nitrogen and oxygen atoms in total. The topological polar surface area (TPSA) is 81.4 Å². The number of aliphatic hydroxyl groups is 1. The zero-order valence-electron chi connectivity index (χ0n) is 14.6. The zero-order chi connectivity index (χ0) is 19.2. The molecular weight excluding hydrogens is 412 g/mol. The Balaban J connectivity index is 1.78. The number of pyridine rings is 2. The molecule has 1 aliphatic heterocycles. The molecule has 1 aromatic carbocycles. The highest BCUT2D eigenvalue weighted by Crippen LogP contribution is 2.32. The Hall–Kier alpha value is -2.51. The highest BCUT2D eigenvalue weighted by molar-refractivity contribution is 9.10. The molecular formula is C20H17BrN2O4. The van der Waals surface area contributed by atoms with Crippen LogP contribution in [0.2, 0.25) is 0 Å². The molecule has 3 heterocycles. The molecule has 0 fully saturated rings. The Bertz CT molecular complexity index is 1120. The summed E-state index contributed by atoms with van der Waals surface area (Å²) in [5.41, 5.74) is 0.313. The summed E-state index contributed by atoms with van der Waals surface area (Å²) in [5, 5.41) is 11.6. The van der Waals surface area contributed by atoms with Crippen molar-refractivity contribution in [3.05, 3.63) is 74.2 Å². The van der Waals surface area contributed by atoms with Crippen LogP contribution in [0.3, 0.4) is 0 Å². The second kappa shape index (κ2) is 6.58. The molecule has 2 aromatic heterocycles. The molecule has 1 N–H and O–H groups in total. The third kappa shape index (κ3) is 2.87. The van der Waals surface area contributed by atoms with Crippen molar-refractivity contribution in [2.24, 2.45) is 0 Å². The summed E-state index contributed by atoms with van der Waals surface area (Å²) in [5.74, 6) is -0.712. The van der Waals surface area contributed by atoms with Gasteiger partial charge in [-0.2, -0.15) is 0 Å². The monoisotopic (exact) mass is 428 g/mol. The zero-order valence-corrected chi connectivity index (χ0v) is 16.2. The molecule has 0 spiro atoms. The van der Waals surface area contributed by atoms with Gasteiger partial charge in [0.25, 0.3) is 5.56 Å². The quantitative estimate of drug-likeness (QED) is 0.512. The molecule has 0 amide bonds. The Kier molecular flexibility index (Phi) is 4.36. The lowest BCUT2D eigenvalue weighted by molar-refractivity contribution is -0.172. The maximum absolute atomic E-state index is 12.9. The first-order valence-electron chi connectivity index (χ1n) is 8.60. The number of cyclic esters (lactones) is 1. The summed E-state index contributed by atoms with van der Waals surface area (Å²) < 4.78 is 7.26. The van der Waals surface area contributed by atoms with Crippen molar-refractivity contribution in [2.45, 2.75) is 32.1 Å². The Labute approximate surface area is 163 Å². The van der Waals surface area contributed by atoms with E-state index in [4.69, 9.17) is 4.74 Å². The van der Waals surface area contributed by atoms with Crippen molar-refractivity contribution in [3.63, 3.8) is 0 Å². The Morgan fingerprint density at radius 2 is 2.07 bits per heavy atom. The van der Waals surface area contributed by atoms with Crippen molar-refractivity contribution in [3.8, 4) is 0 Å². The molecule has 1 aliphatic rings. The van der Waals surface area contributed by atoms with Crippen LogP contribution in [0.5, 0.6) is 0 Å². The average molecular weight is 429 g/mol. The van der Waals surface area contributed by atoms with Crippen molar-refractivity contribution < 1.29 is 14.6 Å². The van der Waals surface area contributed by atoms with Gasteiger partial charge in [0.1, 0.15) is 11.2 Å². The highest BCUT2D eigenvalue weighted by atomic mass is 79.9. The summed E-state index contributed by atoms with van der Waals surface area (Å²) in [6.07, 6.45) is 1.74. The largest absolute Gasteiger partial charge is 0.458 e. The number of hydrogen-bond donors (Lipinski definition) is 1. The number of carbonyl (C=O) groups is 1. The molecule has 0 saturated carbocycles. The third-order valence-electron chi connectivity index (χ3n) is 5.00. The van der Waals surface area contributed by atoms with Crippen LogP contribution in [0.25, 0.3) is 10.9 Å². The molecule has 0 radical (unpaired) electrons. The van der Waals surface area contributed by atoms with Gasteiger partial charge in [0, 0.05) is 22.7 Å². The molecule has 3 aromatic rings. The number of aromatic nitrogens is 2. The van der Waals surface area contributed by atoms with Crippen molar-refractivity contribution in [2.75, 3.05) is 0 Å². The fraction of sp³-hybridized carbons (Fsp3) is 0.250. The Morgan fingerprint density at radius 1 is 1.30 bits per heavy atom. The fourth-order valence-electron chi connectivity index (χ4n) is 3.41. The van der Waals surface area contributed by atoms with E-state index in [0.29, 0.717) is 22.3 Å². The van der Waals surface area contributed by atoms with Gasteiger partial charge in [0.05, 0.1) is 17.6 Å². The normalized spacial score (nSPS) is 19.0. The predicted molar refractivity (Wildman–Crippen MR) is 103 cm³/mol. The molecule has 0 unspecified atom stereocenters. The van der Waals surface area contributed by atoms with Gasteiger partial charge in [-0.1, -0.05) is 25.1 Å². The van der Waals surface area contributed by atoms with Gasteiger partial charge in [-0.15, -0.1) is 0 Å². The number of halogens is 1. The van der Waals surface area contributed by atoms with E-state index in [-0.39, 0.29) is 18.6 Å². The summed E-state index contributed by atoms with van der Waals surface area (Å²) in [6.45, 7) is 1.86. The van der Waals surface area contributed by atoms with E-state index >= 15 is 0 Å². The van der Waals surface area contributed by atoms with E-state index in [9.17, 15) is 14.7 Å². The van der Waals surface area contributed by atoms with Crippen molar-refractivity contribution >= 4 is 32.8 Å². The SMILES string of the molecule is CC[C@@]1(O)C(=O)OCc2c1ccn(Cc1cc3ccccc3nc1Br)c2=O. The maximum Gasteiger partial charge on any atom is 0.343 e. The number of para-hydroxylation sites is 1. The third-order valence-corrected chi connectivity index (χ3v) is 5.69. The summed E-state index contributed by atoms with van der Waals surface area (Å²) in [7, 11) is 0. The summed E-state index contributed by atoms with van der Waals surface area (Å²) in [6, 6.07) is 11.4.